The van der Waals surface area contributed by atoms with Crippen LogP contribution in [0.4, 0.5) is 10.1 Å². The van der Waals surface area contributed by atoms with Gasteiger partial charge in [0.05, 0.1) is 11.3 Å². The Morgan fingerprint density at radius 2 is 2.36 bits per heavy atom. The minimum Gasteiger partial charge on any atom is -0.380 e. The molecule has 0 unspecified atom stereocenters. The van der Waals surface area contributed by atoms with Gasteiger partial charge in [0.25, 0.3) is 0 Å². The van der Waals surface area contributed by atoms with E-state index in [1.165, 1.54) is 23.7 Å². The molecular weight excluding hydrogens is 203 g/mol. The molecule has 4 heteroatoms. The van der Waals surface area contributed by atoms with Crippen LogP contribution in [-0.4, -0.2) is 6.54 Å². The first-order valence-corrected chi connectivity index (χ1v) is 4.40. The lowest BCUT2D eigenvalue weighted by molar-refractivity contribution is 0.627. The van der Waals surface area contributed by atoms with Crippen LogP contribution in [-0.2, 0) is 0 Å². The number of halogens is 2. The maximum Gasteiger partial charge on any atom is 0.124 e. The van der Waals surface area contributed by atoms with Gasteiger partial charge in [0.1, 0.15) is 11.9 Å². The molecule has 0 atom stereocenters. The molecule has 0 fully saturated rings. The molecule has 1 N–H and O–H groups in total. The lowest BCUT2D eigenvalue weighted by atomic mass is 10.2. The number of hydrogen-bond acceptors (Lipinski definition) is 2. The van der Waals surface area contributed by atoms with Crippen LogP contribution in [0.25, 0.3) is 0 Å². The highest BCUT2D eigenvalue weighted by Gasteiger charge is 2.01. The third-order valence-electron chi connectivity index (χ3n) is 1.60. The van der Waals surface area contributed by atoms with Crippen molar-refractivity contribution in [1.82, 2.24) is 0 Å². The molecule has 72 valence electrons. The summed E-state index contributed by atoms with van der Waals surface area (Å²) >= 11 is 5.32. The maximum absolute atomic E-state index is 12.7. The highest BCUT2D eigenvalue weighted by molar-refractivity contribution is 6.25. The molecule has 14 heavy (non-hydrogen) atoms. The van der Waals surface area contributed by atoms with Gasteiger partial charge in [-0.05, 0) is 18.2 Å². The van der Waals surface area contributed by atoms with Crippen LogP contribution in [0.5, 0.6) is 0 Å². The Labute approximate surface area is 86.6 Å². The second-order valence-corrected chi connectivity index (χ2v) is 2.80. The van der Waals surface area contributed by atoms with E-state index >= 15 is 0 Å². The minimum atomic E-state index is -0.417. The SMILES string of the molecule is N#Cc1cc(F)ccc1NC/C=C/Cl. The van der Waals surface area contributed by atoms with Gasteiger partial charge in [-0.2, -0.15) is 5.26 Å². The van der Waals surface area contributed by atoms with Gasteiger partial charge >= 0.3 is 0 Å². The minimum absolute atomic E-state index is 0.285. The second kappa shape index (κ2) is 5.25. The number of rotatable bonds is 3. The predicted molar refractivity (Wildman–Crippen MR) is 54.6 cm³/mol. The zero-order chi connectivity index (χ0) is 10.4. The molecule has 0 radical (unpaired) electrons. The number of hydrogen-bond donors (Lipinski definition) is 1. The van der Waals surface area contributed by atoms with Gasteiger partial charge in [-0.25, -0.2) is 4.39 Å². The number of benzene rings is 1. The van der Waals surface area contributed by atoms with Gasteiger partial charge < -0.3 is 5.32 Å². The van der Waals surface area contributed by atoms with Crippen LogP contribution < -0.4 is 5.32 Å². The first-order chi connectivity index (χ1) is 6.77. The number of anilines is 1. The summed E-state index contributed by atoms with van der Waals surface area (Å²) in [6.45, 7) is 0.504. The van der Waals surface area contributed by atoms with Gasteiger partial charge in [-0.15, -0.1) is 0 Å². The van der Waals surface area contributed by atoms with E-state index in [4.69, 9.17) is 16.9 Å². The summed E-state index contributed by atoms with van der Waals surface area (Å²) in [4.78, 5) is 0. The van der Waals surface area contributed by atoms with Crippen molar-refractivity contribution < 1.29 is 4.39 Å². The third kappa shape index (κ3) is 2.75. The molecule has 0 bridgehead atoms. The average molecular weight is 211 g/mol. The quantitative estimate of drug-likeness (QED) is 0.833. The van der Waals surface area contributed by atoms with Crippen LogP contribution in [0.1, 0.15) is 5.56 Å². The molecule has 0 aliphatic rings. The second-order valence-electron chi connectivity index (χ2n) is 2.54. The van der Waals surface area contributed by atoms with Crippen molar-refractivity contribution in [1.29, 1.82) is 5.26 Å². The predicted octanol–water partition coefficient (Wildman–Crippen LogP) is 2.86. The van der Waals surface area contributed by atoms with Gasteiger partial charge in [-0.1, -0.05) is 17.7 Å². The molecule has 0 heterocycles. The van der Waals surface area contributed by atoms with Crippen LogP contribution in [0.15, 0.2) is 29.8 Å². The van der Waals surface area contributed by atoms with Crippen LogP contribution >= 0.6 is 11.6 Å². The van der Waals surface area contributed by atoms with E-state index in [0.717, 1.165) is 0 Å². The molecule has 1 aromatic rings. The van der Waals surface area contributed by atoms with E-state index in [9.17, 15) is 4.39 Å². The van der Waals surface area contributed by atoms with E-state index in [1.807, 2.05) is 6.07 Å². The van der Waals surface area contributed by atoms with Crippen molar-refractivity contribution in [2.45, 2.75) is 0 Å². The summed E-state index contributed by atoms with van der Waals surface area (Å²) in [6, 6.07) is 5.91. The summed E-state index contributed by atoms with van der Waals surface area (Å²) in [5.74, 6) is -0.417. The first kappa shape index (κ1) is 10.6. The molecule has 1 aromatic carbocycles. The van der Waals surface area contributed by atoms with Crippen LogP contribution in [0.2, 0.25) is 0 Å². The van der Waals surface area contributed by atoms with Gasteiger partial charge in [0, 0.05) is 12.1 Å². The van der Waals surface area contributed by atoms with Crippen molar-refractivity contribution in [3.8, 4) is 6.07 Å². The summed E-state index contributed by atoms with van der Waals surface area (Å²) in [7, 11) is 0. The molecule has 0 amide bonds. The van der Waals surface area contributed by atoms with E-state index in [0.29, 0.717) is 12.2 Å². The normalized spacial score (nSPS) is 10.1. The fraction of sp³-hybridized carbons (Fsp3) is 0.100. The van der Waals surface area contributed by atoms with Gasteiger partial charge in [0.2, 0.25) is 0 Å². The Hall–Kier alpha value is -1.53. The van der Waals surface area contributed by atoms with Gasteiger partial charge in [0.15, 0.2) is 0 Å². The summed E-state index contributed by atoms with van der Waals surface area (Å²) in [5, 5.41) is 11.6. The Balaban J connectivity index is 2.81. The highest BCUT2D eigenvalue weighted by atomic mass is 35.5. The Morgan fingerprint density at radius 1 is 1.57 bits per heavy atom. The third-order valence-corrected chi connectivity index (χ3v) is 1.78. The Bertz CT molecular complexity index is 382. The van der Waals surface area contributed by atoms with E-state index in [2.05, 4.69) is 5.32 Å². The molecule has 2 nitrogen and oxygen atoms in total. The number of nitrogens with zero attached hydrogens (tertiary/aromatic N) is 1. The summed E-state index contributed by atoms with van der Waals surface area (Å²) < 4.78 is 12.7. The van der Waals surface area contributed by atoms with Crippen molar-refractivity contribution in [3.63, 3.8) is 0 Å². The molecule has 0 spiro atoms. The monoisotopic (exact) mass is 210 g/mol. The Kier molecular flexibility index (Phi) is 3.96. The van der Waals surface area contributed by atoms with Crippen molar-refractivity contribution in [2.75, 3.05) is 11.9 Å². The molecular formula is C10H8ClFN2. The molecule has 0 saturated carbocycles. The van der Waals surface area contributed by atoms with E-state index in [-0.39, 0.29) is 5.56 Å². The maximum atomic E-state index is 12.7. The fourth-order valence-electron chi connectivity index (χ4n) is 0.977. The Morgan fingerprint density at radius 3 is 3.00 bits per heavy atom. The molecule has 0 saturated heterocycles. The lowest BCUT2D eigenvalue weighted by Crippen LogP contribution is -2.00. The van der Waals surface area contributed by atoms with E-state index < -0.39 is 5.82 Å². The average Bonchev–Trinajstić information content (AvgIpc) is 2.20. The molecule has 1 rings (SSSR count). The zero-order valence-electron chi connectivity index (χ0n) is 7.30. The molecule has 0 aliphatic carbocycles. The highest BCUT2D eigenvalue weighted by Crippen LogP contribution is 2.15. The largest absolute Gasteiger partial charge is 0.380 e. The van der Waals surface area contributed by atoms with Gasteiger partial charge in [-0.3, -0.25) is 0 Å². The lowest BCUT2D eigenvalue weighted by Gasteiger charge is -2.04. The smallest absolute Gasteiger partial charge is 0.124 e. The molecule has 0 aliphatic heterocycles. The first-order valence-electron chi connectivity index (χ1n) is 3.96. The van der Waals surface area contributed by atoms with Crippen molar-refractivity contribution in [3.05, 3.63) is 41.2 Å². The number of nitriles is 1. The van der Waals surface area contributed by atoms with E-state index in [1.54, 1.807) is 6.08 Å². The molecule has 0 aromatic heterocycles. The summed E-state index contributed by atoms with van der Waals surface area (Å²) in [5.41, 5.74) is 2.26. The zero-order valence-corrected chi connectivity index (χ0v) is 8.05. The fourth-order valence-corrected chi connectivity index (χ4v) is 1.07. The summed E-state index contributed by atoms with van der Waals surface area (Å²) in [6.07, 6.45) is 1.69. The van der Waals surface area contributed by atoms with Crippen molar-refractivity contribution in [2.24, 2.45) is 0 Å². The number of nitrogens with one attached hydrogen (secondary N) is 1. The van der Waals surface area contributed by atoms with Crippen LogP contribution in [0.3, 0.4) is 0 Å². The van der Waals surface area contributed by atoms with Crippen molar-refractivity contribution >= 4 is 17.3 Å². The van der Waals surface area contributed by atoms with Crippen LogP contribution in [0, 0.1) is 17.1 Å². The topological polar surface area (TPSA) is 35.8 Å². The standard InChI is InChI=1S/C10H8ClFN2/c11-4-1-5-14-10-3-2-9(12)6-8(10)7-13/h1-4,6,14H,5H2/b4-1+.